The zero-order chi connectivity index (χ0) is 30.2. The minimum Gasteiger partial charge on any atom is -0.457 e. The number of halogens is 1. The largest absolute Gasteiger partial charge is 0.457 e. The molecule has 2 fully saturated rings. The van der Waals surface area contributed by atoms with Gasteiger partial charge in [0, 0.05) is 50.4 Å². The number of pyridine rings is 1. The van der Waals surface area contributed by atoms with Gasteiger partial charge in [-0.15, -0.1) is 0 Å². The van der Waals surface area contributed by atoms with Crippen LogP contribution in [0.3, 0.4) is 0 Å². The van der Waals surface area contributed by atoms with E-state index in [0.717, 1.165) is 48.1 Å². The second kappa shape index (κ2) is 11.4. The molecule has 2 aliphatic rings. The molecule has 2 bridgehead atoms. The Morgan fingerprint density at radius 1 is 1.19 bits per heavy atom. The maximum Gasteiger partial charge on any atom is 0.246 e. The lowest BCUT2D eigenvalue weighted by Gasteiger charge is -2.29. The molecule has 1 saturated heterocycles. The number of aryl methyl sites for hydroxylation is 2. The summed E-state index contributed by atoms with van der Waals surface area (Å²) in [6.07, 6.45) is 5.92. The van der Waals surface area contributed by atoms with Crippen LogP contribution in [0.15, 0.2) is 71.4 Å². The molecule has 3 atom stereocenters. The van der Waals surface area contributed by atoms with Gasteiger partial charge >= 0.3 is 0 Å². The number of carbonyl (C=O) groups is 1. The molecule has 0 radical (unpaired) electrons. The van der Waals surface area contributed by atoms with Crippen molar-refractivity contribution in [3.63, 3.8) is 0 Å². The quantitative estimate of drug-likeness (QED) is 0.157. The minimum atomic E-state index is -0.499. The Labute approximate surface area is 249 Å². The molecule has 1 aliphatic heterocycles. The van der Waals surface area contributed by atoms with E-state index >= 15 is 4.39 Å². The molecule has 0 spiro atoms. The predicted molar refractivity (Wildman–Crippen MR) is 167 cm³/mol. The number of nitrogens with zero attached hydrogens (tertiary/aromatic N) is 6. The fraction of sp³-hybridized carbons (Fsp3) is 0.303. The number of aromatic nitrogens is 3. The first-order valence-corrected chi connectivity index (χ1v) is 14.3. The summed E-state index contributed by atoms with van der Waals surface area (Å²) >= 11 is 0. The van der Waals surface area contributed by atoms with Crippen LogP contribution in [0.4, 0.5) is 15.8 Å². The molecule has 10 heteroatoms. The first-order chi connectivity index (χ1) is 20.8. The normalized spacial score (nSPS) is 19.9. The van der Waals surface area contributed by atoms with Crippen LogP contribution >= 0.6 is 0 Å². The van der Waals surface area contributed by atoms with Crippen molar-refractivity contribution in [2.45, 2.75) is 38.1 Å². The Hall–Kier alpha value is -4.86. The highest BCUT2D eigenvalue weighted by molar-refractivity contribution is 6.10. The van der Waals surface area contributed by atoms with Gasteiger partial charge in [0.15, 0.2) is 5.84 Å². The molecule has 2 aromatic carbocycles. The summed E-state index contributed by atoms with van der Waals surface area (Å²) in [5.74, 6) is 1.44. The molecule has 1 amide bonds. The molecule has 9 nitrogen and oxygen atoms in total. The Bertz CT molecular complexity index is 1780. The number of hydrogen-bond acceptors (Lipinski definition) is 6. The second-order valence-electron chi connectivity index (χ2n) is 11.3. The minimum absolute atomic E-state index is 0.0133. The summed E-state index contributed by atoms with van der Waals surface area (Å²) in [5, 5.41) is 3.13. The van der Waals surface area contributed by atoms with Gasteiger partial charge in [0.25, 0.3) is 0 Å². The third-order valence-electron chi connectivity index (χ3n) is 8.51. The summed E-state index contributed by atoms with van der Waals surface area (Å²) in [6.45, 7) is 9.98. The van der Waals surface area contributed by atoms with Crippen LogP contribution in [0, 0.1) is 18.7 Å². The third-order valence-corrected chi connectivity index (χ3v) is 8.51. The fourth-order valence-corrected chi connectivity index (χ4v) is 6.38. The number of carbonyl (C=O) groups excluding carboxylic acids is 1. The first-order valence-electron chi connectivity index (χ1n) is 14.3. The van der Waals surface area contributed by atoms with E-state index in [4.69, 9.17) is 9.72 Å². The molecule has 2 aromatic heterocycles. The second-order valence-corrected chi connectivity index (χ2v) is 11.3. The van der Waals surface area contributed by atoms with Crippen molar-refractivity contribution in [1.82, 2.24) is 19.4 Å². The van der Waals surface area contributed by atoms with Crippen LogP contribution in [0.2, 0.25) is 0 Å². The van der Waals surface area contributed by atoms with Crippen LogP contribution in [0.5, 0.6) is 11.5 Å². The molecule has 1 N–H and O–H groups in total. The van der Waals surface area contributed by atoms with Gasteiger partial charge in [-0.1, -0.05) is 6.58 Å². The van der Waals surface area contributed by atoms with E-state index in [1.165, 1.54) is 12.1 Å². The van der Waals surface area contributed by atoms with Crippen molar-refractivity contribution < 1.29 is 13.9 Å². The van der Waals surface area contributed by atoms with Crippen molar-refractivity contribution >= 4 is 40.9 Å². The first kappa shape index (κ1) is 28.3. The number of hydrogen-bond donors (Lipinski definition) is 1. The van der Waals surface area contributed by atoms with Gasteiger partial charge in [0.1, 0.15) is 23.0 Å². The summed E-state index contributed by atoms with van der Waals surface area (Å²) < 4.78 is 23.4. The van der Waals surface area contributed by atoms with Crippen LogP contribution in [-0.4, -0.2) is 57.5 Å². The van der Waals surface area contributed by atoms with Gasteiger partial charge in [-0.05, 0) is 80.8 Å². The monoisotopic (exact) mass is 579 g/mol. The maximum absolute atomic E-state index is 15.5. The number of aliphatic imine (C=N–C) groups is 2. The summed E-state index contributed by atoms with van der Waals surface area (Å²) in [4.78, 5) is 32.2. The lowest BCUT2D eigenvalue weighted by Crippen LogP contribution is -2.34. The third kappa shape index (κ3) is 5.40. The summed E-state index contributed by atoms with van der Waals surface area (Å²) in [5.41, 5.74) is 4.69. The zero-order valence-electron chi connectivity index (χ0n) is 24.5. The number of amides is 1. The highest BCUT2D eigenvalue weighted by Gasteiger charge is 2.41. The molecule has 3 heterocycles. The van der Waals surface area contributed by atoms with E-state index < -0.39 is 5.82 Å². The average molecular weight is 580 g/mol. The topological polar surface area (TPSA) is 97.0 Å². The van der Waals surface area contributed by atoms with Gasteiger partial charge in [-0.3, -0.25) is 14.8 Å². The molecule has 220 valence electrons. The lowest BCUT2D eigenvalue weighted by atomic mass is 9.80. The smallest absolute Gasteiger partial charge is 0.246 e. The number of ether oxygens (including phenoxy) is 1. The Morgan fingerprint density at radius 2 is 2.02 bits per heavy atom. The van der Waals surface area contributed by atoms with E-state index in [-0.39, 0.29) is 23.6 Å². The SMILES string of the molecule is C=CC(=O)N1C[C@@H]2C[C@H](c3ccc(N=C)c(C(=NC)Nc4cc(C)c(Oc5ccc6c(c5)ncn6C)cc4F)n3)C[C@H]1C2. The van der Waals surface area contributed by atoms with Crippen LogP contribution in [-0.2, 0) is 11.8 Å². The van der Waals surface area contributed by atoms with Gasteiger partial charge in [-0.25, -0.2) is 14.4 Å². The standard InChI is InChI=1S/C33H34FN7O2/c1-6-31(42)41-17-20-12-21(14-22(41)13-20)25-8-9-26(35-3)32(38-25)33(36-4)39-27-11-19(2)30(16-24(27)34)43-23-7-10-29-28(15-23)37-18-40(29)5/h6-11,15-16,18,20-22H,1,3,12-14,17H2,2,4-5H3,(H,36,39)/t20-,21+,22-/m1/s1. The molecule has 4 aromatic rings. The molecular formula is C33H34FN7O2. The number of amidine groups is 1. The molecular weight excluding hydrogens is 545 g/mol. The number of fused-ring (bicyclic) bond motifs is 3. The van der Waals surface area contributed by atoms with Gasteiger partial charge in [0.05, 0.1) is 28.7 Å². The number of nitrogens with one attached hydrogen (secondary N) is 1. The number of benzene rings is 2. The summed E-state index contributed by atoms with van der Waals surface area (Å²) in [6, 6.07) is 12.7. The average Bonchev–Trinajstić information content (AvgIpc) is 3.54. The van der Waals surface area contributed by atoms with Gasteiger partial charge in [-0.2, -0.15) is 0 Å². The van der Waals surface area contributed by atoms with Crippen LogP contribution in [0.25, 0.3) is 11.0 Å². The van der Waals surface area contributed by atoms with Crippen molar-refractivity contribution in [1.29, 1.82) is 0 Å². The number of likely N-dealkylation sites (tertiary alicyclic amines) is 1. The van der Waals surface area contributed by atoms with E-state index in [9.17, 15) is 4.79 Å². The van der Waals surface area contributed by atoms with E-state index in [1.807, 2.05) is 53.8 Å². The predicted octanol–water partition coefficient (Wildman–Crippen LogP) is 6.31. The van der Waals surface area contributed by atoms with Crippen molar-refractivity contribution in [2.24, 2.45) is 23.0 Å². The Morgan fingerprint density at radius 3 is 2.79 bits per heavy atom. The Balaban J connectivity index is 1.23. The highest BCUT2D eigenvalue weighted by Crippen LogP contribution is 2.43. The Kier molecular flexibility index (Phi) is 7.52. The number of imidazole rings is 1. The van der Waals surface area contributed by atoms with Gasteiger partial charge < -0.3 is 19.5 Å². The highest BCUT2D eigenvalue weighted by atomic mass is 19.1. The van der Waals surface area contributed by atoms with Crippen molar-refractivity contribution in [3.05, 3.63) is 84.2 Å². The van der Waals surface area contributed by atoms with Crippen molar-refractivity contribution in [3.8, 4) is 11.5 Å². The number of rotatable bonds is 7. The molecule has 1 saturated carbocycles. The van der Waals surface area contributed by atoms with Gasteiger partial charge in [0.2, 0.25) is 5.91 Å². The van der Waals surface area contributed by atoms with E-state index in [2.05, 4.69) is 33.6 Å². The lowest BCUT2D eigenvalue weighted by molar-refractivity contribution is -0.126. The molecule has 1 aliphatic carbocycles. The maximum atomic E-state index is 15.5. The summed E-state index contributed by atoms with van der Waals surface area (Å²) in [7, 11) is 3.55. The van der Waals surface area contributed by atoms with E-state index in [1.54, 1.807) is 19.4 Å². The zero-order valence-corrected chi connectivity index (χ0v) is 24.5. The molecule has 0 unspecified atom stereocenters. The molecule has 43 heavy (non-hydrogen) atoms. The van der Waals surface area contributed by atoms with Crippen LogP contribution < -0.4 is 10.1 Å². The van der Waals surface area contributed by atoms with Crippen molar-refractivity contribution in [2.75, 3.05) is 18.9 Å². The van der Waals surface area contributed by atoms with Crippen LogP contribution in [0.1, 0.15) is 42.1 Å². The number of anilines is 1. The molecule has 6 rings (SSSR count). The fourth-order valence-electron chi connectivity index (χ4n) is 6.38. The van der Waals surface area contributed by atoms with E-state index in [0.29, 0.717) is 34.6 Å².